The molecule has 2 heterocycles. The van der Waals surface area contributed by atoms with Crippen LogP contribution in [0.3, 0.4) is 0 Å². The van der Waals surface area contributed by atoms with E-state index in [-0.39, 0.29) is 30.8 Å². The number of phenolic OH excluding ortho intramolecular Hbond substituents is 1. The lowest BCUT2D eigenvalue weighted by molar-refractivity contribution is -0.133. The normalized spacial score (nSPS) is 19.1. The molecule has 154 valence electrons. The monoisotopic (exact) mass is 397 g/mol. The third-order valence-electron chi connectivity index (χ3n) is 5.80. The molecule has 29 heavy (non-hydrogen) atoms. The number of rotatable bonds is 5. The molecule has 0 radical (unpaired) electrons. The van der Waals surface area contributed by atoms with Gasteiger partial charge in [-0.2, -0.15) is 0 Å². The minimum absolute atomic E-state index is 0.106. The summed E-state index contributed by atoms with van der Waals surface area (Å²) in [5.41, 5.74) is 1.61. The number of nitrogens with zero attached hydrogens (tertiary/aromatic N) is 1. The maximum Gasteiger partial charge on any atom is 0.231 e. The van der Waals surface area contributed by atoms with E-state index >= 15 is 0 Å². The summed E-state index contributed by atoms with van der Waals surface area (Å²) < 4.78 is 16.2. The molecule has 2 atom stereocenters. The van der Waals surface area contributed by atoms with Crippen LogP contribution < -0.4 is 14.2 Å². The van der Waals surface area contributed by atoms with E-state index < -0.39 is 0 Å². The van der Waals surface area contributed by atoms with Gasteiger partial charge in [0.05, 0.1) is 7.11 Å². The van der Waals surface area contributed by atoms with E-state index in [0.29, 0.717) is 28.7 Å². The zero-order valence-corrected chi connectivity index (χ0v) is 16.9. The summed E-state index contributed by atoms with van der Waals surface area (Å²) in [5.74, 6) is 2.39. The van der Waals surface area contributed by atoms with Crippen LogP contribution in [0.15, 0.2) is 36.4 Å². The molecule has 1 saturated heterocycles. The standard InChI is InChI=1S/C23H27NO5/c1-15-4-3-9-24(13-15)23(26)12-19(18-7-6-17(27-2)11-20(18)25)16-5-8-21-22(10-16)29-14-28-21/h5-8,10-11,15,19,25H,3-4,9,12-14H2,1-2H3. The average molecular weight is 397 g/mol. The molecule has 1 fully saturated rings. The van der Waals surface area contributed by atoms with Gasteiger partial charge in [-0.1, -0.05) is 19.1 Å². The number of benzene rings is 2. The SMILES string of the molecule is COc1ccc(C(CC(=O)N2CCCC(C)C2)c2ccc3c(c2)OCO3)c(O)c1. The number of piperidine rings is 1. The molecule has 0 spiro atoms. The molecule has 4 rings (SSSR count). The number of aromatic hydroxyl groups is 1. The van der Waals surface area contributed by atoms with Crippen LogP contribution >= 0.6 is 0 Å². The van der Waals surface area contributed by atoms with Crippen molar-refractivity contribution in [3.63, 3.8) is 0 Å². The van der Waals surface area contributed by atoms with Crippen molar-refractivity contribution in [1.29, 1.82) is 0 Å². The zero-order chi connectivity index (χ0) is 20.4. The Balaban J connectivity index is 1.66. The predicted octanol–water partition coefficient (Wildman–Crippen LogP) is 3.91. The molecular formula is C23H27NO5. The second kappa shape index (κ2) is 8.23. The molecule has 1 amide bonds. The van der Waals surface area contributed by atoms with Gasteiger partial charge in [-0.3, -0.25) is 4.79 Å². The Morgan fingerprint density at radius 2 is 2.07 bits per heavy atom. The summed E-state index contributed by atoms with van der Waals surface area (Å²) in [6.07, 6.45) is 2.48. The highest BCUT2D eigenvalue weighted by Crippen LogP contribution is 2.41. The quantitative estimate of drug-likeness (QED) is 0.829. The number of hydrogen-bond acceptors (Lipinski definition) is 5. The molecular weight excluding hydrogens is 370 g/mol. The Bertz CT molecular complexity index is 897. The summed E-state index contributed by atoms with van der Waals surface area (Å²) in [7, 11) is 1.56. The van der Waals surface area contributed by atoms with E-state index in [0.717, 1.165) is 31.5 Å². The van der Waals surface area contributed by atoms with Crippen molar-refractivity contribution in [3.05, 3.63) is 47.5 Å². The second-order valence-corrected chi connectivity index (χ2v) is 7.88. The van der Waals surface area contributed by atoms with Crippen molar-refractivity contribution >= 4 is 5.91 Å². The van der Waals surface area contributed by atoms with Crippen LogP contribution in [0.4, 0.5) is 0 Å². The van der Waals surface area contributed by atoms with Gasteiger partial charge >= 0.3 is 0 Å². The van der Waals surface area contributed by atoms with Gasteiger partial charge in [0, 0.05) is 37.1 Å². The lowest BCUT2D eigenvalue weighted by Gasteiger charge is -2.32. The topological polar surface area (TPSA) is 68.2 Å². The minimum Gasteiger partial charge on any atom is -0.508 e. The summed E-state index contributed by atoms with van der Waals surface area (Å²) in [6, 6.07) is 10.9. The lowest BCUT2D eigenvalue weighted by Crippen LogP contribution is -2.39. The zero-order valence-electron chi connectivity index (χ0n) is 16.9. The number of methoxy groups -OCH3 is 1. The van der Waals surface area contributed by atoms with Gasteiger partial charge in [0.25, 0.3) is 0 Å². The van der Waals surface area contributed by atoms with E-state index in [2.05, 4.69) is 6.92 Å². The Labute approximate surface area is 171 Å². The van der Waals surface area contributed by atoms with Crippen molar-refractivity contribution in [2.45, 2.75) is 32.1 Å². The molecule has 6 heteroatoms. The molecule has 0 saturated carbocycles. The van der Waals surface area contributed by atoms with Crippen molar-refractivity contribution in [2.75, 3.05) is 27.0 Å². The van der Waals surface area contributed by atoms with Crippen molar-refractivity contribution in [3.8, 4) is 23.0 Å². The van der Waals surface area contributed by atoms with E-state index in [1.54, 1.807) is 13.2 Å². The summed E-state index contributed by atoms with van der Waals surface area (Å²) in [6.45, 7) is 3.97. The van der Waals surface area contributed by atoms with Crippen molar-refractivity contribution < 1.29 is 24.1 Å². The number of likely N-dealkylation sites (tertiary alicyclic amines) is 1. The molecule has 0 aliphatic carbocycles. The first kappa shape index (κ1) is 19.4. The smallest absolute Gasteiger partial charge is 0.231 e. The highest BCUT2D eigenvalue weighted by molar-refractivity contribution is 5.78. The first-order chi connectivity index (χ1) is 14.0. The average Bonchev–Trinajstić information content (AvgIpc) is 3.20. The molecule has 2 aliphatic heterocycles. The number of carbonyl (C=O) groups excluding carboxylic acids is 1. The van der Waals surface area contributed by atoms with Gasteiger partial charge < -0.3 is 24.2 Å². The number of ether oxygens (including phenoxy) is 3. The fourth-order valence-corrected chi connectivity index (χ4v) is 4.20. The van der Waals surface area contributed by atoms with Gasteiger partial charge in [0.1, 0.15) is 11.5 Å². The second-order valence-electron chi connectivity index (χ2n) is 7.88. The predicted molar refractivity (Wildman–Crippen MR) is 109 cm³/mol. The van der Waals surface area contributed by atoms with E-state index in [4.69, 9.17) is 14.2 Å². The van der Waals surface area contributed by atoms with Crippen LogP contribution in [-0.2, 0) is 4.79 Å². The number of phenols is 1. The Hall–Kier alpha value is -2.89. The van der Waals surface area contributed by atoms with Crippen molar-refractivity contribution in [1.82, 2.24) is 4.90 Å². The summed E-state index contributed by atoms with van der Waals surface area (Å²) in [5, 5.41) is 10.7. The highest BCUT2D eigenvalue weighted by atomic mass is 16.7. The fraction of sp³-hybridized carbons (Fsp3) is 0.435. The summed E-state index contributed by atoms with van der Waals surface area (Å²) in [4.78, 5) is 15.1. The van der Waals surface area contributed by atoms with E-state index in [1.807, 2.05) is 35.2 Å². The summed E-state index contributed by atoms with van der Waals surface area (Å²) >= 11 is 0. The number of amides is 1. The third-order valence-corrected chi connectivity index (χ3v) is 5.80. The Morgan fingerprint density at radius 3 is 2.83 bits per heavy atom. The lowest BCUT2D eigenvalue weighted by atomic mass is 9.86. The van der Waals surface area contributed by atoms with Crippen molar-refractivity contribution in [2.24, 2.45) is 5.92 Å². The van der Waals surface area contributed by atoms with Gasteiger partial charge in [0.2, 0.25) is 12.7 Å². The highest BCUT2D eigenvalue weighted by Gasteiger charge is 2.28. The first-order valence-electron chi connectivity index (χ1n) is 10.1. The molecule has 2 aliphatic rings. The first-order valence-corrected chi connectivity index (χ1v) is 10.1. The third kappa shape index (κ3) is 4.11. The molecule has 6 nitrogen and oxygen atoms in total. The van der Waals surface area contributed by atoms with E-state index in [9.17, 15) is 9.90 Å². The fourth-order valence-electron chi connectivity index (χ4n) is 4.20. The van der Waals surface area contributed by atoms with Gasteiger partial charge in [-0.25, -0.2) is 0 Å². The molecule has 0 aromatic heterocycles. The van der Waals surface area contributed by atoms with Crippen LogP contribution in [0.5, 0.6) is 23.0 Å². The molecule has 0 bridgehead atoms. The van der Waals surface area contributed by atoms with Crippen LogP contribution in [0.1, 0.15) is 43.2 Å². The molecule has 1 N–H and O–H groups in total. The van der Waals surface area contributed by atoms with Gasteiger partial charge in [-0.05, 0) is 42.5 Å². The van der Waals surface area contributed by atoms with E-state index in [1.165, 1.54) is 0 Å². The van der Waals surface area contributed by atoms with Gasteiger partial charge in [-0.15, -0.1) is 0 Å². The maximum absolute atomic E-state index is 13.1. The largest absolute Gasteiger partial charge is 0.508 e. The number of hydrogen-bond donors (Lipinski definition) is 1. The maximum atomic E-state index is 13.1. The number of carbonyl (C=O) groups is 1. The molecule has 2 aromatic rings. The van der Waals surface area contributed by atoms with Crippen LogP contribution in [0.2, 0.25) is 0 Å². The van der Waals surface area contributed by atoms with Crippen LogP contribution in [0, 0.1) is 5.92 Å². The Morgan fingerprint density at radius 1 is 1.24 bits per heavy atom. The molecule has 2 aromatic carbocycles. The number of fused-ring (bicyclic) bond motifs is 1. The molecule has 2 unspecified atom stereocenters. The van der Waals surface area contributed by atoms with Gasteiger partial charge in [0.15, 0.2) is 11.5 Å². The Kier molecular flexibility index (Phi) is 5.51. The van der Waals surface area contributed by atoms with Crippen LogP contribution in [-0.4, -0.2) is 42.9 Å². The minimum atomic E-state index is -0.292. The van der Waals surface area contributed by atoms with Crippen LogP contribution in [0.25, 0.3) is 0 Å².